The number of rotatable bonds is 22. The topological polar surface area (TPSA) is 67.8 Å². The van der Waals surface area contributed by atoms with E-state index >= 15 is 0 Å². The van der Waals surface area contributed by atoms with Gasteiger partial charge in [-0.15, -0.1) is 0 Å². The van der Waals surface area contributed by atoms with Gasteiger partial charge in [-0.1, -0.05) is 77.6 Å². The molecule has 176 valence electrons. The van der Waals surface area contributed by atoms with Crippen LogP contribution in [0.5, 0.6) is 0 Å². The molecule has 0 bridgehead atoms. The van der Waals surface area contributed by atoms with E-state index in [0.29, 0.717) is 24.1 Å². The zero-order chi connectivity index (χ0) is 21.8. The van der Waals surface area contributed by atoms with Crippen molar-refractivity contribution in [2.45, 2.75) is 90.4 Å². The summed E-state index contributed by atoms with van der Waals surface area (Å²) in [5, 5.41) is 0. The van der Waals surface area contributed by atoms with Crippen LogP contribution >= 0.6 is 7.82 Å². The van der Waals surface area contributed by atoms with Crippen LogP contribution in [0.2, 0.25) is 0 Å². The number of nitrogens with zero attached hydrogens (tertiary/aromatic N) is 1. The van der Waals surface area contributed by atoms with E-state index in [0.717, 1.165) is 13.0 Å². The van der Waals surface area contributed by atoms with E-state index < -0.39 is 7.82 Å². The average molecular weight is 438 g/mol. The van der Waals surface area contributed by atoms with E-state index in [1.807, 2.05) is 21.1 Å². The molecular weight excluding hydrogens is 389 g/mol. The lowest BCUT2D eigenvalue weighted by molar-refractivity contribution is -0.870. The molecule has 7 heteroatoms. The second-order valence-electron chi connectivity index (χ2n) is 8.98. The Kier molecular flexibility index (Phi) is 18.8. The molecule has 6 nitrogen and oxygen atoms in total. The zero-order valence-electron chi connectivity index (χ0n) is 19.7. The summed E-state index contributed by atoms with van der Waals surface area (Å²) in [6, 6.07) is 0. The fraction of sp³-hybridized carbons (Fsp3) is 1.00. The third-order valence-corrected chi connectivity index (χ3v) is 5.83. The highest BCUT2D eigenvalue weighted by molar-refractivity contribution is 7.45. The van der Waals surface area contributed by atoms with Gasteiger partial charge in [-0.3, -0.25) is 4.57 Å². The molecule has 0 spiro atoms. The van der Waals surface area contributed by atoms with Crippen molar-refractivity contribution in [2.75, 3.05) is 54.1 Å². The molecule has 0 saturated heterocycles. The lowest BCUT2D eigenvalue weighted by atomic mass is 10.1. The zero-order valence-corrected chi connectivity index (χ0v) is 20.6. The molecular formula is C22H48NO5P. The number of likely N-dealkylation sites (N-methyl/N-ethyl adjacent to an activating group) is 1. The molecule has 0 heterocycles. The van der Waals surface area contributed by atoms with Crippen molar-refractivity contribution >= 4 is 7.82 Å². The fourth-order valence-corrected chi connectivity index (χ4v) is 3.68. The molecule has 0 amide bonds. The molecule has 0 aromatic carbocycles. The Morgan fingerprint density at radius 3 is 1.62 bits per heavy atom. The molecule has 0 aliphatic heterocycles. The van der Waals surface area contributed by atoms with Gasteiger partial charge >= 0.3 is 0 Å². The predicted octanol–water partition coefficient (Wildman–Crippen LogP) is 5.30. The molecule has 0 aliphatic rings. The quantitative estimate of drug-likeness (QED) is 0.131. The number of hydrogen-bond donors (Lipinski definition) is 0. The van der Waals surface area contributed by atoms with E-state index in [-0.39, 0.29) is 13.2 Å². The average Bonchev–Trinajstić information content (AvgIpc) is 2.63. The SMILES string of the molecule is CCCCCCCCCCCCCCOCCCOP(=O)([O-])OCC[N+](C)(C)C. The van der Waals surface area contributed by atoms with Gasteiger partial charge < -0.3 is 23.2 Å². The largest absolute Gasteiger partial charge is 0.756 e. The summed E-state index contributed by atoms with van der Waals surface area (Å²) in [4.78, 5) is 11.6. The summed E-state index contributed by atoms with van der Waals surface area (Å²) in [6.45, 7) is 4.39. The highest BCUT2D eigenvalue weighted by Crippen LogP contribution is 2.38. The third kappa shape index (κ3) is 24.2. The number of ether oxygens (including phenoxy) is 1. The van der Waals surface area contributed by atoms with Gasteiger partial charge in [0.1, 0.15) is 13.2 Å². The first-order chi connectivity index (χ1) is 13.8. The van der Waals surface area contributed by atoms with Crippen LogP contribution in [0.25, 0.3) is 0 Å². The smallest absolute Gasteiger partial charge is 0.268 e. The van der Waals surface area contributed by atoms with Crippen LogP contribution in [0, 0.1) is 0 Å². The highest BCUT2D eigenvalue weighted by atomic mass is 31.2. The van der Waals surface area contributed by atoms with Crippen molar-refractivity contribution in [2.24, 2.45) is 0 Å². The van der Waals surface area contributed by atoms with Gasteiger partial charge in [0, 0.05) is 13.2 Å². The number of hydrogen-bond acceptors (Lipinski definition) is 5. The molecule has 0 N–H and O–H groups in total. The summed E-state index contributed by atoms with van der Waals surface area (Å²) in [5.41, 5.74) is 0. The molecule has 0 radical (unpaired) electrons. The van der Waals surface area contributed by atoms with Crippen LogP contribution in [0.3, 0.4) is 0 Å². The molecule has 0 fully saturated rings. The minimum atomic E-state index is -4.18. The van der Waals surface area contributed by atoms with Gasteiger partial charge in [-0.05, 0) is 12.8 Å². The minimum Gasteiger partial charge on any atom is -0.756 e. The van der Waals surface area contributed by atoms with Gasteiger partial charge in [0.05, 0.1) is 27.7 Å². The van der Waals surface area contributed by atoms with Crippen LogP contribution in [0.15, 0.2) is 0 Å². The number of quaternary nitrogens is 1. The van der Waals surface area contributed by atoms with E-state index in [9.17, 15) is 9.46 Å². The maximum Gasteiger partial charge on any atom is 0.268 e. The maximum absolute atomic E-state index is 11.6. The highest BCUT2D eigenvalue weighted by Gasteiger charge is 2.12. The summed E-state index contributed by atoms with van der Waals surface area (Å²) in [6.07, 6.45) is 16.5. The Morgan fingerprint density at radius 1 is 0.655 bits per heavy atom. The second-order valence-corrected chi connectivity index (χ2v) is 10.4. The van der Waals surface area contributed by atoms with E-state index in [1.165, 1.54) is 70.6 Å². The normalized spacial score (nSPS) is 14.2. The molecule has 29 heavy (non-hydrogen) atoms. The minimum absolute atomic E-state index is 0.115. The third-order valence-electron chi connectivity index (χ3n) is 4.84. The number of unbranched alkanes of at least 4 members (excludes halogenated alkanes) is 11. The number of phosphoric acid groups is 1. The molecule has 0 aromatic rings. The van der Waals surface area contributed by atoms with Crippen molar-refractivity contribution in [1.82, 2.24) is 0 Å². The Balaban J connectivity index is 3.28. The molecule has 0 saturated carbocycles. The molecule has 1 atom stereocenters. The van der Waals surface area contributed by atoms with Crippen molar-refractivity contribution in [3.8, 4) is 0 Å². The van der Waals surface area contributed by atoms with Crippen LogP contribution < -0.4 is 4.89 Å². The Labute approximate surface area is 180 Å². The lowest BCUT2D eigenvalue weighted by Crippen LogP contribution is -2.37. The van der Waals surface area contributed by atoms with Crippen molar-refractivity contribution in [3.05, 3.63) is 0 Å². The summed E-state index contributed by atoms with van der Waals surface area (Å²) >= 11 is 0. The standard InChI is InChI=1S/C22H48NO5P/c1-5-6-7-8-9-10-11-12-13-14-15-16-19-26-20-17-21-27-29(24,25)28-22-18-23(2,3)4/h5-22H2,1-4H3. The first-order valence-electron chi connectivity index (χ1n) is 11.7. The molecule has 0 rings (SSSR count). The van der Waals surface area contributed by atoms with Crippen molar-refractivity contribution < 1.29 is 27.7 Å². The monoisotopic (exact) mass is 437 g/mol. The second kappa shape index (κ2) is 18.8. The Bertz CT molecular complexity index is 401. The summed E-state index contributed by atoms with van der Waals surface area (Å²) in [7, 11) is 1.76. The van der Waals surface area contributed by atoms with Gasteiger partial charge in [0.2, 0.25) is 0 Å². The van der Waals surface area contributed by atoms with E-state index in [1.54, 1.807) is 0 Å². The maximum atomic E-state index is 11.6. The summed E-state index contributed by atoms with van der Waals surface area (Å²) in [5.74, 6) is 0. The lowest BCUT2D eigenvalue weighted by Gasteiger charge is -2.27. The van der Waals surface area contributed by atoms with Crippen molar-refractivity contribution in [3.63, 3.8) is 0 Å². The number of phosphoric ester groups is 1. The summed E-state index contributed by atoms with van der Waals surface area (Å²) < 4.78 is 27.5. The molecule has 1 unspecified atom stereocenters. The van der Waals surface area contributed by atoms with Crippen LogP contribution in [0.4, 0.5) is 0 Å². The van der Waals surface area contributed by atoms with Crippen LogP contribution in [-0.4, -0.2) is 58.6 Å². The Morgan fingerprint density at radius 2 is 1.10 bits per heavy atom. The van der Waals surface area contributed by atoms with Crippen LogP contribution in [-0.2, 0) is 18.3 Å². The first-order valence-corrected chi connectivity index (χ1v) is 13.2. The van der Waals surface area contributed by atoms with Crippen molar-refractivity contribution in [1.29, 1.82) is 0 Å². The molecule has 0 aromatic heterocycles. The Hall–Kier alpha value is 0.0300. The van der Waals surface area contributed by atoms with Gasteiger partial charge in [-0.2, -0.15) is 0 Å². The molecule has 0 aliphatic carbocycles. The van der Waals surface area contributed by atoms with Gasteiger partial charge in [0.15, 0.2) is 0 Å². The van der Waals surface area contributed by atoms with Gasteiger partial charge in [0.25, 0.3) is 7.82 Å². The van der Waals surface area contributed by atoms with Gasteiger partial charge in [-0.25, -0.2) is 0 Å². The van der Waals surface area contributed by atoms with E-state index in [4.69, 9.17) is 13.8 Å². The van der Waals surface area contributed by atoms with Crippen LogP contribution in [0.1, 0.15) is 90.4 Å². The fourth-order valence-electron chi connectivity index (χ4n) is 2.95. The van der Waals surface area contributed by atoms with E-state index in [2.05, 4.69) is 6.92 Å². The predicted molar refractivity (Wildman–Crippen MR) is 119 cm³/mol. The first kappa shape index (κ1) is 29.0.